The second-order valence-electron chi connectivity index (χ2n) is 4.60. The van der Waals surface area contributed by atoms with Crippen molar-refractivity contribution < 1.29 is 9.18 Å². The van der Waals surface area contributed by atoms with Gasteiger partial charge in [-0.1, -0.05) is 18.2 Å². The fourth-order valence-corrected chi connectivity index (χ4v) is 2.13. The molecular formula is C15H16FN3O. The number of amides is 1. The Morgan fingerprint density at radius 3 is 2.60 bits per heavy atom. The van der Waals surface area contributed by atoms with E-state index in [1.54, 1.807) is 30.1 Å². The zero-order chi connectivity index (χ0) is 14.7. The molecule has 0 bridgehead atoms. The average molecular weight is 273 g/mol. The van der Waals surface area contributed by atoms with Crippen LogP contribution in [0.3, 0.4) is 0 Å². The van der Waals surface area contributed by atoms with E-state index in [0.29, 0.717) is 17.9 Å². The number of hydrogen-bond donors (Lipinski definition) is 2. The number of rotatable bonds is 4. The van der Waals surface area contributed by atoms with Gasteiger partial charge in [-0.05, 0) is 29.8 Å². The van der Waals surface area contributed by atoms with E-state index >= 15 is 0 Å². The molecule has 20 heavy (non-hydrogen) atoms. The van der Waals surface area contributed by atoms with Gasteiger partial charge >= 0.3 is 0 Å². The smallest absolute Gasteiger partial charge is 0.253 e. The summed E-state index contributed by atoms with van der Waals surface area (Å²) in [4.78, 5) is 13.2. The van der Waals surface area contributed by atoms with Crippen LogP contribution in [-0.4, -0.2) is 13.0 Å². The molecule has 0 aliphatic rings. The SMILES string of the molecule is CN(Cc1cccc(N)c1)c1cccc(F)c1C(N)=O. The average Bonchev–Trinajstić information content (AvgIpc) is 2.37. The van der Waals surface area contributed by atoms with E-state index < -0.39 is 11.7 Å². The molecule has 0 aliphatic heterocycles. The van der Waals surface area contributed by atoms with Crippen LogP contribution in [0.15, 0.2) is 42.5 Å². The van der Waals surface area contributed by atoms with E-state index in [-0.39, 0.29) is 5.56 Å². The lowest BCUT2D eigenvalue weighted by molar-refractivity contribution is 0.0997. The first kappa shape index (κ1) is 13.9. The number of nitrogens with two attached hydrogens (primary N) is 2. The second kappa shape index (κ2) is 5.61. The summed E-state index contributed by atoms with van der Waals surface area (Å²) in [6.45, 7) is 0.495. The van der Waals surface area contributed by atoms with Gasteiger partial charge in [0.25, 0.3) is 5.91 Å². The summed E-state index contributed by atoms with van der Waals surface area (Å²) in [5, 5.41) is 0. The number of carbonyl (C=O) groups excluding carboxylic acids is 1. The van der Waals surface area contributed by atoms with Crippen LogP contribution < -0.4 is 16.4 Å². The molecule has 0 saturated heterocycles. The molecule has 4 N–H and O–H groups in total. The minimum absolute atomic E-state index is 0.0982. The molecule has 0 unspecified atom stereocenters. The highest BCUT2D eigenvalue weighted by atomic mass is 19.1. The van der Waals surface area contributed by atoms with Crippen molar-refractivity contribution in [2.45, 2.75) is 6.54 Å². The third kappa shape index (κ3) is 2.88. The quantitative estimate of drug-likeness (QED) is 0.838. The second-order valence-corrected chi connectivity index (χ2v) is 4.60. The monoisotopic (exact) mass is 273 g/mol. The zero-order valence-electron chi connectivity index (χ0n) is 11.1. The maximum atomic E-state index is 13.7. The molecule has 5 heteroatoms. The molecule has 0 saturated carbocycles. The van der Waals surface area contributed by atoms with Gasteiger partial charge in [0.1, 0.15) is 5.82 Å². The lowest BCUT2D eigenvalue weighted by Gasteiger charge is -2.22. The lowest BCUT2D eigenvalue weighted by atomic mass is 10.1. The highest BCUT2D eigenvalue weighted by Crippen LogP contribution is 2.23. The van der Waals surface area contributed by atoms with Gasteiger partial charge < -0.3 is 16.4 Å². The minimum Gasteiger partial charge on any atom is -0.399 e. The molecule has 104 valence electrons. The number of carbonyl (C=O) groups is 1. The highest BCUT2D eigenvalue weighted by molar-refractivity contribution is 5.98. The summed E-state index contributed by atoms with van der Waals surface area (Å²) < 4.78 is 13.7. The van der Waals surface area contributed by atoms with Crippen LogP contribution in [0.1, 0.15) is 15.9 Å². The zero-order valence-corrected chi connectivity index (χ0v) is 11.1. The van der Waals surface area contributed by atoms with Crippen LogP contribution in [-0.2, 0) is 6.54 Å². The fourth-order valence-electron chi connectivity index (χ4n) is 2.13. The minimum atomic E-state index is -0.780. The first-order chi connectivity index (χ1) is 9.49. The molecule has 0 atom stereocenters. The number of anilines is 2. The van der Waals surface area contributed by atoms with Crippen molar-refractivity contribution >= 4 is 17.3 Å². The van der Waals surface area contributed by atoms with Crippen LogP contribution in [0.2, 0.25) is 0 Å². The van der Waals surface area contributed by atoms with Gasteiger partial charge in [0.15, 0.2) is 0 Å². The largest absolute Gasteiger partial charge is 0.399 e. The van der Waals surface area contributed by atoms with Crippen molar-refractivity contribution in [1.29, 1.82) is 0 Å². The van der Waals surface area contributed by atoms with E-state index in [1.807, 2.05) is 18.2 Å². The third-order valence-electron chi connectivity index (χ3n) is 3.02. The van der Waals surface area contributed by atoms with Gasteiger partial charge in [0, 0.05) is 19.3 Å². The third-order valence-corrected chi connectivity index (χ3v) is 3.02. The molecule has 2 rings (SSSR count). The van der Waals surface area contributed by atoms with E-state index in [0.717, 1.165) is 5.56 Å². The Morgan fingerprint density at radius 1 is 1.25 bits per heavy atom. The Balaban J connectivity index is 2.32. The highest BCUT2D eigenvalue weighted by Gasteiger charge is 2.16. The van der Waals surface area contributed by atoms with Gasteiger partial charge in [0.2, 0.25) is 0 Å². The van der Waals surface area contributed by atoms with Crippen molar-refractivity contribution in [2.75, 3.05) is 17.7 Å². The molecule has 1 amide bonds. The molecular weight excluding hydrogens is 257 g/mol. The maximum absolute atomic E-state index is 13.7. The van der Waals surface area contributed by atoms with Crippen LogP contribution in [0.5, 0.6) is 0 Å². The van der Waals surface area contributed by atoms with Gasteiger partial charge in [-0.25, -0.2) is 4.39 Å². The predicted octanol–water partition coefficient (Wildman–Crippen LogP) is 2.14. The number of nitrogens with zero attached hydrogens (tertiary/aromatic N) is 1. The van der Waals surface area contributed by atoms with Crippen molar-refractivity contribution in [3.63, 3.8) is 0 Å². The Bertz CT molecular complexity index is 643. The number of halogens is 1. The van der Waals surface area contributed by atoms with Gasteiger partial charge in [-0.3, -0.25) is 4.79 Å². The van der Waals surface area contributed by atoms with E-state index in [9.17, 15) is 9.18 Å². The van der Waals surface area contributed by atoms with Crippen molar-refractivity contribution in [1.82, 2.24) is 0 Å². The van der Waals surface area contributed by atoms with Crippen molar-refractivity contribution in [3.8, 4) is 0 Å². The standard InChI is InChI=1S/C15H16FN3O/c1-19(9-10-4-2-5-11(17)8-10)13-7-3-6-12(16)14(13)15(18)20/h2-8H,9,17H2,1H3,(H2,18,20). The summed E-state index contributed by atoms with van der Waals surface area (Å²) in [7, 11) is 1.77. The summed E-state index contributed by atoms with van der Waals surface area (Å²) in [5.74, 6) is -1.40. The molecule has 0 spiro atoms. The summed E-state index contributed by atoms with van der Waals surface area (Å²) in [6, 6.07) is 11.8. The fraction of sp³-hybridized carbons (Fsp3) is 0.133. The molecule has 0 radical (unpaired) electrons. The Hall–Kier alpha value is -2.56. The van der Waals surface area contributed by atoms with Crippen LogP contribution >= 0.6 is 0 Å². The van der Waals surface area contributed by atoms with E-state index in [2.05, 4.69) is 0 Å². The first-order valence-corrected chi connectivity index (χ1v) is 6.13. The molecule has 0 fully saturated rings. The summed E-state index contributed by atoms with van der Waals surface area (Å²) >= 11 is 0. The van der Waals surface area contributed by atoms with Gasteiger partial charge in [-0.15, -0.1) is 0 Å². The van der Waals surface area contributed by atoms with E-state index in [4.69, 9.17) is 11.5 Å². The number of hydrogen-bond acceptors (Lipinski definition) is 3. The molecule has 0 aliphatic carbocycles. The maximum Gasteiger partial charge on any atom is 0.253 e. The van der Waals surface area contributed by atoms with Crippen LogP contribution in [0.4, 0.5) is 15.8 Å². The lowest BCUT2D eigenvalue weighted by Crippen LogP contribution is -2.23. The Kier molecular flexibility index (Phi) is 3.89. The number of nitrogen functional groups attached to an aromatic ring is 1. The Morgan fingerprint density at radius 2 is 1.95 bits per heavy atom. The number of primary amides is 1. The molecule has 0 aromatic heterocycles. The van der Waals surface area contributed by atoms with Gasteiger partial charge in [-0.2, -0.15) is 0 Å². The first-order valence-electron chi connectivity index (χ1n) is 6.13. The predicted molar refractivity (Wildman–Crippen MR) is 77.9 cm³/mol. The van der Waals surface area contributed by atoms with Gasteiger partial charge in [0.05, 0.1) is 11.3 Å². The van der Waals surface area contributed by atoms with Crippen LogP contribution in [0, 0.1) is 5.82 Å². The summed E-state index contributed by atoms with van der Waals surface area (Å²) in [6.07, 6.45) is 0. The molecule has 0 heterocycles. The molecule has 2 aromatic rings. The van der Waals surface area contributed by atoms with Crippen molar-refractivity contribution in [2.24, 2.45) is 5.73 Å². The van der Waals surface area contributed by atoms with Crippen molar-refractivity contribution in [3.05, 3.63) is 59.4 Å². The molecule has 4 nitrogen and oxygen atoms in total. The number of benzene rings is 2. The van der Waals surface area contributed by atoms with E-state index in [1.165, 1.54) is 6.07 Å². The molecule has 2 aromatic carbocycles. The summed E-state index contributed by atoms with van der Waals surface area (Å²) in [5.41, 5.74) is 13.0. The normalized spacial score (nSPS) is 10.3. The van der Waals surface area contributed by atoms with Crippen LogP contribution in [0.25, 0.3) is 0 Å². The Labute approximate surface area is 116 Å². The topological polar surface area (TPSA) is 72.3 Å².